The Bertz CT molecular complexity index is 620. The van der Waals surface area contributed by atoms with Crippen molar-refractivity contribution in [1.82, 2.24) is 0 Å². The molecule has 2 aliphatic rings. The summed E-state index contributed by atoms with van der Waals surface area (Å²) in [5.41, 5.74) is -0.915. The molecule has 0 amide bonds. The van der Waals surface area contributed by atoms with Gasteiger partial charge in [-0.2, -0.15) is 0 Å². The molecule has 2 unspecified atom stereocenters. The highest BCUT2D eigenvalue weighted by Crippen LogP contribution is 2.51. The van der Waals surface area contributed by atoms with Gasteiger partial charge < -0.3 is 14.3 Å². The van der Waals surface area contributed by atoms with Crippen molar-refractivity contribution >= 4 is 5.97 Å². The van der Waals surface area contributed by atoms with Crippen LogP contribution in [0.25, 0.3) is 0 Å². The van der Waals surface area contributed by atoms with Gasteiger partial charge in [-0.15, -0.1) is 0 Å². The second-order valence-corrected chi connectivity index (χ2v) is 8.17. The largest absolute Gasteiger partial charge is 0.457 e. The number of fused-ring (bicyclic) bond motifs is 2. The monoisotopic (exact) mass is 330 g/mol. The van der Waals surface area contributed by atoms with Gasteiger partial charge in [-0.05, 0) is 30.2 Å². The maximum atomic E-state index is 12.9. The van der Waals surface area contributed by atoms with Gasteiger partial charge in [0.15, 0.2) is 5.60 Å². The molecular weight excluding hydrogens is 302 g/mol. The van der Waals surface area contributed by atoms with E-state index in [0.29, 0.717) is 29.1 Å². The van der Waals surface area contributed by atoms with Crippen LogP contribution in [0, 0.1) is 17.8 Å². The minimum absolute atomic E-state index is 0.105. The molecule has 0 saturated heterocycles. The molecule has 4 atom stereocenters. The Balaban J connectivity index is 1.83. The minimum atomic E-state index is -1.56. The third-order valence-corrected chi connectivity index (χ3v) is 5.34. The molecule has 130 valence electrons. The van der Waals surface area contributed by atoms with Crippen LogP contribution in [0.5, 0.6) is 0 Å². The van der Waals surface area contributed by atoms with E-state index in [4.69, 9.17) is 4.74 Å². The van der Waals surface area contributed by atoms with Gasteiger partial charge in [0.25, 0.3) is 0 Å². The Labute approximate surface area is 144 Å². The molecule has 1 N–H and O–H groups in total. The van der Waals surface area contributed by atoms with Crippen molar-refractivity contribution in [1.29, 1.82) is 0 Å². The zero-order chi connectivity index (χ0) is 17.4. The summed E-state index contributed by atoms with van der Waals surface area (Å²) in [6, 6.07) is 9.28. The van der Waals surface area contributed by atoms with Crippen LogP contribution in [0.3, 0.4) is 0 Å². The standard InChI is InChI=1S/C20H28NO3/c1-21(2,3)11-12-24-19(22)20(23,17-7-5-4-6-8-17)18-14-15-9-10-16(18)13-15/h4-10,15-16,18,23H,11-14H2,1-3H3/q+1/t15-,16+,18?,20?/m1/s1. The summed E-state index contributed by atoms with van der Waals surface area (Å²) in [5.74, 6) is 0.125. The molecule has 1 fully saturated rings. The zero-order valence-corrected chi connectivity index (χ0v) is 14.8. The van der Waals surface area contributed by atoms with E-state index >= 15 is 0 Å². The highest BCUT2D eigenvalue weighted by Gasteiger charge is 2.54. The van der Waals surface area contributed by atoms with E-state index in [-0.39, 0.29) is 11.8 Å². The zero-order valence-electron chi connectivity index (χ0n) is 14.8. The fraction of sp³-hybridized carbons (Fsp3) is 0.550. The highest BCUT2D eigenvalue weighted by molar-refractivity contribution is 5.81. The van der Waals surface area contributed by atoms with Crippen LogP contribution in [0.1, 0.15) is 18.4 Å². The Morgan fingerprint density at radius 1 is 1.21 bits per heavy atom. The van der Waals surface area contributed by atoms with E-state index in [1.54, 1.807) is 0 Å². The topological polar surface area (TPSA) is 46.5 Å². The molecule has 24 heavy (non-hydrogen) atoms. The molecule has 4 nitrogen and oxygen atoms in total. The second kappa shape index (κ2) is 6.34. The van der Waals surface area contributed by atoms with E-state index in [0.717, 1.165) is 12.8 Å². The van der Waals surface area contributed by atoms with Crippen LogP contribution in [0.4, 0.5) is 0 Å². The highest BCUT2D eigenvalue weighted by atomic mass is 16.5. The van der Waals surface area contributed by atoms with Crippen LogP contribution >= 0.6 is 0 Å². The number of quaternary nitrogens is 1. The van der Waals surface area contributed by atoms with Crippen LogP contribution in [-0.2, 0) is 15.1 Å². The fourth-order valence-corrected chi connectivity index (χ4v) is 3.96. The lowest BCUT2D eigenvalue weighted by Gasteiger charge is -2.36. The molecule has 1 aromatic rings. The smallest absolute Gasteiger partial charge is 0.343 e. The predicted octanol–water partition coefficient (Wildman–Crippen LogP) is 2.34. The summed E-state index contributed by atoms with van der Waals surface area (Å²) < 4.78 is 6.25. The molecule has 0 heterocycles. The lowest BCUT2D eigenvalue weighted by Crippen LogP contribution is -2.47. The summed E-state index contributed by atoms with van der Waals surface area (Å²) >= 11 is 0. The van der Waals surface area contributed by atoms with Crippen molar-refractivity contribution in [3.05, 3.63) is 48.0 Å². The molecule has 0 aromatic heterocycles. The lowest BCUT2D eigenvalue weighted by atomic mass is 9.74. The average Bonchev–Trinajstić information content (AvgIpc) is 3.17. The van der Waals surface area contributed by atoms with Gasteiger partial charge in [0.1, 0.15) is 13.2 Å². The molecule has 0 radical (unpaired) electrons. The summed E-state index contributed by atoms with van der Waals surface area (Å²) in [4.78, 5) is 12.9. The van der Waals surface area contributed by atoms with Crippen molar-refractivity contribution < 1.29 is 19.1 Å². The number of nitrogens with zero attached hydrogens (tertiary/aromatic N) is 1. The third kappa shape index (κ3) is 3.26. The summed E-state index contributed by atoms with van der Waals surface area (Å²) in [5, 5.41) is 11.5. The Morgan fingerprint density at radius 3 is 2.46 bits per heavy atom. The SMILES string of the molecule is C[N+](C)(C)CCOC(=O)C(O)(c1ccccc1)C1C[C@@H]2C=C[C@H]1C2. The minimum Gasteiger partial charge on any atom is -0.457 e. The molecule has 3 rings (SSSR count). The summed E-state index contributed by atoms with van der Waals surface area (Å²) in [6.45, 7) is 1.03. The van der Waals surface area contributed by atoms with E-state index in [1.807, 2.05) is 30.3 Å². The Morgan fingerprint density at radius 2 is 1.92 bits per heavy atom. The van der Waals surface area contributed by atoms with Gasteiger partial charge in [0.05, 0.1) is 21.1 Å². The number of hydrogen-bond donors (Lipinski definition) is 1. The second-order valence-electron chi connectivity index (χ2n) is 8.17. The number of esters is 1. The normalized spacial score (nSPS) is 27.9. The van der Waals surface area contributed by atoms with Crippen LogP contribution < -0.4 is 0 Å². The van der Waals surface area contributed by atoms with Crippen molar-refractivity contribution in [3.63, 3.8) is 0 Å². The first kappa shape index (κ1) is 17.2. The Kier molecular flexibility index (Phi) is 4.54. The number of likely N-dealkylation sites (N-methyl/N-ethyl adjacent to an activating group) is 1. The average molecular weight is 330 g/mol. The lowest BCUT2D eigenvalue weighted by molar-refractivity contribution is -0.870. The van der Waals surface area contributed by atoms with Gasteiger partial charge in [0, 0.05) is 5.92 Å². The molecule has 4 heteroatoms. The number of benzene rings is 1. The maximum Gasteiger partial charge on any atom is 0.343 e. The molecule has 2 bridgehead atoms. The van der Waals surface area contributed by atoms with E-state index < -0.39 is 11.6 Å². The summed E-state index contributed by atoms with van der Waals surface area (Å²) in [7, 11) is 6.16. The van der Waals surface area contributed by atoms with Gasteiger partial charge in [-0.25, -0.2) is 4.79 Å². The molecule has 0 aliphatic heterocycles. The molecule has 1 saturated carbocycles. The van der Waals surface area contributed by atoms with Crippen LogP contribution in [0.15, 0.2) is 42.5 Å². The van der Waals surface area contributed by atoms with Crippen molar-refractivity contribution in [3.8, 4) is 0 Å². The number of hydrogen-bond acceptors (Lipinski definition) is 3. The van der Waals surface area contributed by atoms with Gasteiger partial charge in [-0.3, -0.25) is 0 Å². The summed E-state index contributed by atoms with van der Waals surface area (Å²) in [6.07, 6.45) is 6.25. The quantitative estimate of drug-likeness (QED) is 0.495. The first-order valence-electron chi connectivity index (χ1n) is 8.74. The molecule has 0 spiro atoms. The van der Waals surface area contributed by atoms with Crippen LogP contribution in [0.2, 0.25) is 0 Å². The van der Waals surface area contributed by atoms with Gasteiger partial charge >= 0.3 is 5.97 Å². The number of allylic oxidation sites excluding steroid dienone is 2. The molecule has 1 aromatic carbocycles. The number of carbonyl (C=O) groups is 1. The fourth-order valence-electron chi connectivity index (χ4n) is 3.96. The van der Waals surface area contributed by atoms with Crippen molar-refractivity contribution in [2.24, 2.45) is 17.8 Å². The van der Waals surface area contributed by atoms with E-state index in [1.165, 1.54) is 0 Å². The van der Waals surface area contributed by atoms with Crippen molar-refractivity contribution in [2.45, 2.75) is 18.4 Å². The molecular formula is C20H28NO3+. The first-order chi connectivity index (χ1) is 11.3. The third-order valence-electron chi connectivity index (χ3n) is 5.34. The number of aliphatic hydroxyl groups is 1. The van der Waals surface area contributed by atoms with Gasteiger partial charge in [0.2, 0.25) is 0 Å². The van der Waals surface area contributed by atoms with E-state index in [2.05, 4.69) is 33.3 Å². The maximum absolute atomic E-state index is 12.9. The van der Waals surface area contributed by atoms with Gasteiger partial charge in [-0.1, -0.05) is 42.5 Å². The Hall–Kier alpha value is -1.65. The number of carbonyl (C=O) groups excluding carboxylic acids is 1. The predicted molar refractivity (Wildman–Crippen MR) is 93.0 cm³/mol. The molecule has 2 aliphatic carbocycles. The number of ether oxygens (including phenoxy) is 1. The van der Waals surface area contributed by atoms with Crippen molar-refractivity contribution in [2.75, 3.05) is 34.3 Å². The number of rotatable bonds is 6. The van der Waals surface area contributed by atoms with Crippen LogP contribution in [-0.4, -0.2) is 49.9 Å². The first-order valence-corrected chi connectivity index (χ1v) is 8.74. The van der Waals surface area contributed by atoms with E-state index in [9.17, 15) is 9.90 Å².